The molecule has 1 aromatic heterocycles. The van der Waals surface area contributed by atoms with Crippen LogP contribution in [0.15, 0.2) is 4.42 Å². The molecule has 4 heteroatoms. The van der Waals surface area contributed by atoms with Gasteiger partial charge in [-0.15, -0.1) is 21.8 Å². The normalized spacial score (nSPS) is 10.5. The molecule has 1 rings (SSSR count). The molecule has 68 valence electrons. The summed E-state index contributed by atoms with van der Waals surface area (Å²) in [6, 6.07) is 0. The van der Waals surface area contributed by atoms with Gasteiger partial charge in [0.25, 0.3) is 0 Å². The van der Waals surface area contributed by atoms with Gasteiger partial charge >= 0.3 is 0 Å². The summed E-state index contributed by atoms with van der Waals surface area (Å²) < 4.78 is 5.23. The maximum Gasteiger partial charge on any atom is 0.231 e. The van der Waals surface area contributed by atoms with Crippen molar-refractivity contribution in [1.82, 2.24) is 10.2 Å². The zero-order chi connectivity index (χ0) is 8.81. The van der Waals surface area contributed by atoms with Gasteiger partial charge in [0.2, 0.25) is 11.8 Å². The van der Waals surface area contributed by atoms with E-state index in [9.17, 15) is 0 Å². The molecule has 0 aliphatic heterocycles. The molecule has 0 saturated heterocycles. The molecule has 0 aliphatic carbocycles. The fourth-order valence-corrected chi connectivity index (χ4v) is 1.08. The smallest absolute Gasteiger partial charge is 0.231 e. The highest BCUT2D eigenvalue weighted by atomic mass is 35.5. The Hall–Kier alpha value is -0.570. The van der Waals surface area contributed by atoms with E-state index < -0.39 is 0 Å². The number of hydrogen-bond donors (Lipinski definition) is 0. The third-order valence-electron chi connectivity index (χ3n) is 1.62. The monoisotopic (exact) mass is 188 g/mol. The molecule has 3 nitrogen and oxygen atoms in total. The lowest BCUT2D eigenvalue weighted by atomic mass is 10.2. The minimum absolute atomic E-state index is 0.306. The molecular formula is C8H13ClN2O. The minimum Gasteiger partial charge on any atom is -0.424 e. The van der Waals surface area contributed by atoms with Crippen LogP contribution in [0.25, 0.3) is 0 Å². The van der Waals surface area contributed by atoms with Crippen molar-refractivity contribution in [3.8, 4) is 0 Å². The van der Waals surface area contributed by atoms with Gasteiger partial charge in [-0.25, -0.2) is 0 Å². The summed E-state index contributed by atoms with van der Waals surface area (Å²) in [6.07, 6.45) is 4.40. The lowest BCUT2D eigenvalue weighted by Crippen LogP contribution is -1.84. The van der Waals surface area contributed by atoms with Crippen LogP contribution in [0.2, 0.25) is 0 Å². The number of alkyl halides is 1. The highest BCUT2D eigenvalue weighted by molar-refractivity contribution is 6.16. The Labute approximate surface area is 77.1 Å². The zero-order valence-electron chi connectivity index (χ0n) is 7.22. The van der Waals surface area contributed by atoms with Crippen molar-refractivity contribution in [3.63, 3.8) is 0 Å². The number of halogens is 1. The lowest BCUT2D eigenvalue weighted by molar-refractivity contribution is 0.455. The molecule has 0 aromatic carbocycles. The van der Waals surface area contributed by atoms with Crippen LogP contribution in [-0.4, -0.2) is 10.2 Å². The van der Waals surface area contributed by atoms with Gasteiger partial charge in [0.1, 0.15) is 5.88 Å². The Balaban J connectivity index is 2.31. The predicted octanol–water partition coefficient (Wildman–Crippen LogP) is 2.54. The van der Waals surface area contributed by atoms with Crippen LogP contribution < -0.4 is 0 Å². The van der Waals surface area contributed by atoms with Crippen molar-refractivity contribution in [1.29, 1.82) is 0 Å². The van der Waals surface area contributed by atoms with E-state index in [0.29, 0.717) is 17.7 Å². The SMILES string of the molecule is CCCCCc1nnc(CCl)o1. The van der Waals surface area contributed by atoms with Crippen LogP contribution in [-0.2, 0) is 12.3 Å². The molecule has 1 aromatic rings. The second-order valence-corrected chi connectivity index (χ2v) is 2.95. The van der Waals surface area contributed by atoms with Crippen molar-refractivity contribution >= 4 is 11.6 Å². The first kappa shape index (κ1) is 9.52. The lowest BCUT2D eigenvalue weighted by Gasteiger charge is -1.91. The van der Waals surface area contributed by atoms with Gasteiger partial charge in [-0.05, 0) is 6.42 Å². The van der Waals surface area contributed by atoms with E-state index in [2.05, 4.69) is 17.1 Å². The van der Waals surface area contributed by atoms with Crippen molar-refractivity contribution < 1.29 is 4.42 Å². The van der Waals surface area contributed by atoms with Crippen LogP contribution in [0.3, 0.4) is 0 Å². The van der Waals surface area contributed by atoms with E-state index >= 15 is 0 Å². The topological polar surface area (TPSA) is 38.9 Å². The molecule has 0 saturated carbocycles. The number of aryl methyl sites for hydroxylation is 1. The number of rotatable bonds is 5. The van der Waals surface area contributed by atoms with Gasteiger partial charge in [0.05, 0.1) is 0 Å². The van der Waals surface area contributed by atoms with Crippen LogP contribution in [0.5, 0.6) is 0 Å². The minimum atomic E-state index is 0.306. The maximum atomic E-state index is 5.51. The third kappa shape index (κ3) is 2.81. The quantitative estimate of drug-likeness (QED) is 0.527. The van der Waals surface area contributed by atoms with Gasteiger partial charge < -0.3 is 4.42 Å². The van der Waals surface area contributed by atoms with Crippen molar-refractivity contribution in [3.05, 3.63) is 11.8 Å². The molecule has 0 amide bonds. The molecule has 0 unspecified atom stereocenters. The molecule has 0 fully saturated rings. The van der Waals surface area contributed by atoms with Crippen LogP contribution in [0.4, 0.5) is 0 Å². The van der Waals surface area contributed by atoms with Crippen LogP contribution in [0.1, 0.15) is 38.0 Å². The summed E-state index contributed by atoms with van der Waals surface area (Å²) in [7, 11) is 0. The third-order valence-corrected chi connectivity index (χ3v) is 1.85. The largest absolute Gasteiger partial charge is 0.424 e. The first-order chi connectivity index (χ1) is 5.86. The van der Waals surface area contributed by atoms with Gasteiger partial charge in [0, 0.05) is 6.42 Å². The highest BCUT2D eigenvalue weighted by Gasteiger charge is 2.03. The summed E-state index contributed by atoms with van der Waals surface area (Å²) in [6.45, 7) is 2.16. The second-order valence-electron chi connectivity index (χ2n) is 2.68. The van der Waals surface area contributed by atoms with Gasteiger partial charge in [-0.2, -0.15) is 0 Å². The summed E-state index contributed by atoms with van der Waals surface area (Å²) >= 11 is 5.51. The summed E-state index contributed by atoms with van der Waals surface area (Å²) in [5.41, 5.74) is 0. The Morgan fingerprint density at radius 3 is 2.58 bits per heavy atom. The van der Waals surface area contributed by atoms with Gasteiger partial charge in [0.15, 0.2) is 0 Å². The molecule has 0 aliphatic rings. The van der Waals surface area contributed by atoms with Crippen molar-refractivity contribution in [2.45, 2.75) is 38.5 Å². The molecule has 0 radical (unpaired) electrons. The van der Waals surface area contributed by atoms with E-state index in [-0.39, 0.29) is 0 Å². The molecular weight excluding hydrogens is 176 g/mol. The number of aromatic nitrogens is 2. The average molecular weight is 189 g/mol. The first-order valence-electron chi connectivity index (χ1n) is 4.24. The Morgan fingerprint density at radius 2 is 2.00 bits per heavy atom. The molecule has 12 heavy (non-hydrogen) atoms. The predicted molar refractivity (Wildman–Crippen MR) is 47.1 cm³/mol. The average Bonchev–Trinajstić information content (AvgIpc) is 2.53. The Bertz CT molecular complexity index is 225. The Kier molecular flexibility index (Phi) is 4.08. The molecule has 0 bridgehead atoms. The van der Waals surface area contributed by atoms with E-state index in [4.69, 9.17) is 16.0 Å². The number of hydrogen-bond acceptors (Lipinski definition) is 3. The standard InChI is InChI=1S/C8H13ClN2O/c1-2-3-4-5-7-10-11-8(6-9)12-7/h2-6H2,1H3. The summed E-state index contributed by atoms with van der Waals surface area (Å²) in [4.78, 5) is 0. The number of unbranched alkanes of at least 4 members (excludes halogenated alkanes) is 2. The highest BCUT2D eigenvalue weighted by Crippen LogP contribution is 2.06. The molecule has 1 heterocycles. The molecule has 0 N–H and O–H groups in total. The number of nitrogens with zero attached hydrogens (tertiary/aromatic N) is 2. The fourth-order valence-electron chi connectivity index (χ4n) is 0.970. The van der Waals surface area contributed by atoms with Crippen LogP contribution >= 0.6 is 11.6 Å². The fraction of sp³-hybridized carbons (Fsp3) is 0.750. The molecule has 0 spiro atoms. The molecule has 0 atom stereocenters. The first-order valence-corrected chi connectivity index (χ1v) is 4.77. The Morgan fingerprint density at radius 1 is 1.25 bits per heavy atom. The zero-order valence-corrected chi connectivity index (χ0v) is 7.97. The van der Waals surface area contributed by atoms with Crippen molar-refractivity contribution in [2.24, 2.45) is 0 Å². The van der Waals surface area contributed by atoms with E-state index in [1.165, 1.54) is 12.8 Å². The van der Waals surface area contributed by atoms with Gasteiger partial charge in [-0.1, -0.05) is 19.8 Å². The van der Waals surface area contributed by atoms with Crippen LogP contribution in [0, 0.1) is 0 Å². The van der Waals surface area contributed by atoms with Crippen molar-refractivity contribution in [2.75, 3.05) is 0 Å². The second kappa shape index (κ2) is 5.14. The van der Waals surface area contributed by atoms with E-state index in [1.807, 2.05) is 0 Å². The van der Waals surface area contributed by atoms with Gasteiger partial charge in [-0.3, -0.25) is 0 Å². The maximum absolute atomic E-state index is 5.51. The van der Waals surface area contributed by atoms with E-state index in [1.54, 1.807) is 0 Å². The van der Waals surface area contributed by atoms with E-state index in [0.717, 1.165) is 12.8 Å². The summed E-state index contributed by atoms with van der Waals surface area (Å²) in [5, 5.41) is 7.62. The summed E-state index contributed by atoms with van der Waals surface area (Å²) in [5.74, 6) is 1.53.